The molecular formula is C33H32Cl2N2O2S. The van der Waals surface area contributed by atoms with Crippen molar-refractivity contribution < 1.29 is 9.53 Å². The molecule has 1 aliphatic rings. The van der Waals surface area contributed by atoms with Crippen molar-refractivity contribution in [3.8, 4) is 5.75 Å². The van der Waals surface area contributed by atoms with E-state index in [2.05, 4.69) is 26.1 Å². The molecule has 4 aromatic rings. The van der Waals surface area contributed by atoms with E-state index < -0.39 is 0 Å². The number of anilines is 1. The number of carbonyl (C=O) groups is 1. The largest absolute Gasteiger partial charge is 0.489 e. The van der Waals surface area contributed by atoms with E-state index in [-0.39, 0.29) is 11.3 Å². The maximum Gasteiger partial charge on any atom is 0.259 e. The van der Waals surface area contributed by atoms with Crippen LogP contribution in [0.1, 0.15) is 59.1 Å². The van der Waals surface area contributed by atoms with Gasteiger partial charge in [-0.2, -0.15) is 0 Å². The zero-order chi connectivity index (χ0) is 28.3. The molecule has 206 valence electrons. The predicted molar refractivity (Wildman–Crippen MR) is 168 cm³/mol. The van der Waals surface area contributed by atoms with Crippen LogP contribution in [0.15, 0.2) is 77.8 Å². The molecule has 0 bridgehead atoms. The highest BCUT2D eigenvalue weighted by atomic mass is 35.5. The predicted octanol–water partition coefficient (Wildman–Crippen LogP) is 9.79. The number of nitrogens with one attached hydrogen (secondary N) is 1. The molecule has 5 rings (SSSR count). The van der Waals surface area contributed by atoms with E-state index >= 15 is 0 Å². The van der Waals surface area contributed by atoms with Crippen molar-refractivity contribution in [2.75, 3.05) is 5.32 Å². The molecular weight excluding hydrogens is 559 g/mol. The van der Waals surface area contributed by atoms with Crippen LogP contribution >= 0.6 is 34.5 Å². The summed E-state index contributed by atoms with van der Waals surface area (Å²) in [5, 5.41) is 5.01. The second kappa shape index (κ2) is 12.2. The minimum atomic E-state index is -0.102. The number of ether oxygens (including phenoxy) is 1. The summed E-state index contributed by atoms with van der Waals surface area (Å²) in [6.07, 6.45) is 4.77. The van der Waals surface area contributed by atoms with Gasteiger partial charge in [0.25, 0.3) is 5.91 Å². The van der Waals surface area contributed by atoms with Gasteiger partial charge in [0.05, 0.1) is 5.56 Å². The minimum absolute atomic E-state index is 0.102. The van der Waals surface area contributed by atoms with Gasteiger partial charge in [-0.3, -0.25) is 4.79 Å². The third-order valence-electron chi connectivity index (χ3n) is 7.35. The molecule has 1 aromatic heterocycles. The van der Waals surface area contributed by atoms with E-state index in [1.54, 1.807) is 23.5 Å². The Bertz CT molecular complexity index is 1520. The first kappa shape index (κ1) is 28.4. The lowest BCUT2D eigenvalue weighted by atomic mass is 9.72. The second-order valence-electron chi connectivity index (χ2n) is 11.2. The van der Waals surface area contributed by atoms with Gasteiger partial charge in [0.2, 0.25) is 0 Å². The van der Waals surface area contributed by atoms with Crippen molar-refractivity contribution in [3.05, 3.63) is 110 Å². The summed E-state index contributed by atoms with van der Waals surface area (Å²) in [6, 6.07) is 22.7. The zero-order valence-electron chi connectivity index (χ0n) is 22.8. The SMILES string of the molecule is CC(C)(C)[C@H]1CCc2c(sc(N=Cc3ccc(OCc4ccc(Cl)cc4Cl)cc3)c2C(=O)Nc2ccccc2)C1. The van der Waals surface area contributed by atoms with E-state index in [1.165, 1.54) is 4.88 Å². The molecule has 0 fully saturated rings. The molecule has 0 radical (unpaired) electrons. The molecule has 3 aromatic carbocycles. The average molecular weight is 592 g/mol. The Morgan fingerprint density at radius 1 is 1.07 bits per heavy atom. The van der Waals surface area contributed by atoms with Crippen molar-refractivity contribution in [3.63, 3.8) is 0 Å². The average Bonchev–Trinajstić information content (AvgIpc) is 3.30. The van der Waals surface area contributed by atoms with Crippen LogP contribution in [0, 0.1) is 11.3 Å². The quantitative estimate of drug-likeness (QED) is 0.218. The lowest BCUT2D eigenvalue weighted by Gasteiger charge is -2.33. The van der Waals surface area contributed by atoms with Gasteiger partial charge in [-0.15, -0.1) is 11.3 Å². The molecule has 0 saturated carbocycles. The highest BCUT2D eigenvalue weighted by molar-refractivity contribution is 7.16. The first-order chi connectivity index (χ1) is 19.2. The van der Waals surface area contributed by atoms with Crippen LogP contribution < -0.4 is 10.1 Å². The maximum atomic E-state index is 13.5. The number of nitrogens with zero attached hydrogens (tertiary/aromatic N) is 1. The molecule has 1 aliphatic carbocycles. The summed E-state index contributed by atoms with van der Waals surface area (Å²) in [4.78, 5) is 19.6. The topological polar surface area (TPSA) is 50.7 Å². The summed E-state index contributed by atoms with van der Waals surface area (Å²) in [5.41, 5.74) is 4.64. The first-order valence-electron chi connectivity index (χ1n) is 13.4. The summed E-state index contributed by atoms with van der Waals surface area (Å²) in [5.74, 6) is 1.20. The van der Waals surface area contributed by atoms with Crippen LogP contribution in [-0.4, -0.2) is 12.1 Å². The van der Waals surface area contributed by atoms with E-state index in [0.29, 0.717) is 28.1 Å². The number of aliphatic imine (C=N–C) groups is 1. The van der Waals surface area contributed by atoms with Gasteiger partial charge in [-0.25, -0.2) is 4.99 Å². The molecule has 1 N–H and O–H groups in total. The van der Waals surface area contributed by atoms with E-state index in [9.17, 15) is 4.79 Å². The lowest BCUT2D eigenvalue weighted by Crippen LogP contribution is -2.27. The van der Waals surface area contributed by atoms with Gasteiger partial charge in [-0.05, 0) is 90.3 Å². The standard InChI is InChI=1S/C33H32Cl2N2O2S/c1-33(2,3)23-12-16-27-29(17-23)40-32(30(27)31(38)37-25-7-5-4-6-8-25)36-19-21-9-14-26(15-10-21)39-20-22-11-13-24(34)18-28(22)35/h4-11,13-15,18-19,23H,12,16-17,20H2,1-3H3,(H,37,38)/t23-/m0/s1. The monoisotopic (exact) mass is 590 g/mol. The van der Waals surface area contributed by atoms with Gasteiger partial charge in [0.1, 0.15) is 17.4 Å². The fourth-order valence-electron chi connectivity index (χ4n) is 4.93. The number of benzene rings is 3. The molecule has 0 unspecified atom stereocenters. The van der Waals surface area contributed by atoms with Gasteiger partial charge in [0.15, 0.2) is 0 Å². The fourth-order valence-corrected chi connectivity index (χ4v) is 6.67. The Morgan fingerprint density at radius 3 is 2.52 bits per heavy atom. The Balaban J connectivity index is 1.35. The van der Waals surface area contributed by atoms with Gasteiger partial charge in [-0.1, -0.05) is 68.2 Å². The molecule has 0 spiro atoms. The molecule has 1 atom stereocenters. The Morgan fingerprint density at radius 2 is 1.82 bits per heavy atom. The summed E-state index contributed by atoms with van der Waals surface area (Å²) < 4.78 is 5.91. The maximum absolute atomic E-state index is 13.5. The van der Waals surface area contributed by atoms with Gasteiger partial charge < -0.3 is 10.1 Å². The highest BCUT2D eigenvalue weighted by Gasteiger charge is 2.33. The highest BCUT2D eigenvalue weighted by Crippen LogP contribution is 2.45. The molecule has 1 heterocycles. The van der Waals surface area contributed by atoms with Crippen LogP contribution in [0.4, 0.5) is 10.7 Å². The minimum Gasteiger partial charge on any atom is -0.489 e. The zero-order valence-corrected chi connectivity index (χ0v) is 25.2. The number of amides is 1. The second-order valence-corrected chi connectivity index (χ2v) is 13.1. The Kier molecular flexibility index (Phi) is 8.65. The van der Waals surface area contributed by atoms with Crippen LogP contribution in [0.2, 0.25) is 10.0 Å². The number of hydrogen-bond donors (Lipinski definition) is 1. The van der Waals surface area contributed by atoms with Crippen LogP contribution in [0.5, 0.6) is 5.75 Å². The Hall–Kier alpha value is -3.12. The van der Waals surface area contributed by atoms with E-state index in [1.807, 2.05) is 66.9 Å². The van der Waals surface area contributed by atoms with Crippen LogP contribution in [-0.2, 0) is 19.4 Å². The number of fused-ring (bicyclic) bond motifs is 1. The van der Waals surface area contributed by atoms with Crippen molar-refractivity contribution in [1.29, 1.82) is 0 Å². The number of carbonyl (C=O) groups excluding carboxylic acids is 1. The molecule has 0 saturated heterocycles. The number of para-hydroxylation sites is 1. The van der Waals surface area contributed by atoms with Crippen LogP contribution in [0.3, 0.4) is 0 Å². The van der Waals surface area contributed by atoms with Crippen molar-refractivity contribution in [2.45, 2.75) is 46.6 Å². The third-order valence-corrected chi connectivity index (χ3v) is 9.10. The molecule has 40 heavy (non-hydrogen) atoms. The summed E-state index contributed by atoms with van der Waals surface area (Å²) in [6.45, 7) is 7.25. The molecule has 4 nitrogen and oxygen atoms in total. The van der Waals surface area contributed by atoms with Gasteiger partial charge in [0, 0.05) is 32.4 Å². The number of rotatable bonds is 7. The van der Waals surface area contributed by atoms with Crippen LogP contribution in [0.25, 0.3) is 0 Å². The van der Waals surface area contributed by atoms with E-state index in [0.717, 1.165) is 52.4 Å². The molecule has 1 amide bonds. The molecule has 0 aliphatic heterocycles. The third kappa shape index (κ3) is 6.77. The molecule has 7 heteroatoms. The first-order valence-corrected chi connectivity index (χ1v) is 15.0. The summed E-state index contributed by atoms with van der Waals surface area (Å²) >= 11 is 13.9. The lowest BCUT2D eigenvalue weighted by molar-refractivity contribution is 0.102. The van der Waals surface area contributed by atoms with Crippen molar-refractivity contribution >= 4 is 57.3 Å². The number of halogens is 2. The number of hydrogen-bond acceptors (Lipinski definition) is 4. The number of thiophene rings is 1. The fraction of sp³-hybridized carbons (Fsp3) is 0.273. The Labute approximate surface area is 250 Å². The smallest absolute Gasteiger partial charge is 0.259 e. The normalized spacial score (nSPS) is 15.2. The summed E-state index contributed by atoms with van der Waals surface area (Å²) in [7, 11) is 0. The van der Waals surface area contributed by atoms with Gasteiger partial charge >= 0.3 is 0 Å². The van der Waals surface area contributed by atoms with E-state index in [4.69, 9.17) is 32.9 Å². The van der Waals surface area contributed by atoms with Crippen molar-refractivity contribution in [1.82, 2.24) is 0 Å². The van der Waals surface area contributed by atoms with Crippen molar-refractivity contribution in [2.24, 2.45) is 16.3 Å².